The van der Waals surface area contributed by atoms with Crippen LogP contribution < -0.4 is 10.1 Å². The number of carbonyl (C=O) groups is 1. The van der Waals surface area contributed by atoms with Crippen molar-refractivity contribution in [3.8, 4) is 5.75 Å². The smallest absolute Gasteiger partial charge is 0.316 e. The molecule has 3 rings (SSSR count). The van der Waals surface area contributed by atoms with Crippen LogP contribution >= 0.6 is 11.6 Å². The summed E-state index contributed by atoms with van der Waals surface area (Å²) >= 11 is 5.87. The lowest BCUT2D eigenvalue weighted by Crippen LogP contribution is -2.39. The molecule has 7 heteroatoms. The second-order valence-corrected chi connectivity index (χ2v) is 7.37. The lowest BCUT2D eigenvalue weighted by atomic mass is 9.93. The van der Waals surface area contributed by atoms with Gasteiger partial charge in [0.2, 0.25) is 0 Å². The van der Waals surface area contributed by atoms with E-state index in [1.165, 1.54) is 0 Å². The Balaban J connectivity index is 1.40. The molecule has 0 aliphatic carbocycles. The van der Waals surface area contributed by atoms with Gasteiger partial charge in [0.05, 0.1) is 12.7 Å². The number of hydrogen-bond acceptors (Lipinski definition) is 4. The van der Waals surface area contributed by atoms with E-state index in [1.807, 2.05) is 24.3 Å². The molecule has 2 fully saturated rings. The molecule has 138 valence electrons. The third kappa shape index (κ3) is 4.77. The topological polar surface area (TPSA) is 54.0 Å². The van der Waals surface area contributed by atoms with E-state index in [4.69, 9.17) is 21.1 Å². The molecule has 0 saturated carbocycles. The zero-order valence-electron chi connectivity index (χ0n) is 14.8. The Labute approximate surface area is 154 Å². The summed E-state index contributed by atoms with van der Waals surface area (Å²) in [4.78, 5) is 15.6. The molecule has 1 aromatic carbocycles. The Hall–Kier alpha value is -1.50. The third-order valence-corrected chi connectivity index (χ3v) is 5.18. The average molecular weight is 368 g/mol. The number of ether oxygens (including phenoxy) is 2. The van der Waals surface area contributed by atoms with E-state index in [-0.39, 0.29) is 12.1 Å². The summed E-state index contributed by atoms with van der Waals surface area (Å²) in [5, 5.41) is 3.69. The van der Waals surface area contributed by atoms with Gasteiger partial charge in [-0.25, -0.2) is 4.79 Å². The number of carbonyl (C=O) groups excluding carboxylic acids is 1. The van der Waals surface area contributed by atoms with E-state index in [0.717, 1.165) is 32.0 Å². The monoisotopic (exact) mass is 367 g/mol. The number of urea groups is 1. The fraction of sp³-hybridized carbons (Fsp3) is 0.611. The van der Waals surface area contributed by atoms with Gasteiger partial charge in [-0.15, -0.1) is 0 Å². The number of halogens is 1. The summed E-state index contributed by atoms with van der Waals surface area (Å²) in [5.74, 6) is 1.71. The van der Waals surface area contributed by atoms with Gasteiger partial charge in [0.15, 0.2) is 0 Å². The third-order valence-electron chi connectivity index (χ3n) is 4.93. The fourth-order valence-electron chi connectivity index (χ4n) is 3.47. The Kier molecular flexibility index (Phi) is 6.04. The second kappa shape index (κ2) is 8.25. The predicted octanol–water partition coefficient (Wildman–Crippen LogP) is 1.94. The van der Waals surface area contributed by atoms with Crippen molar-refractivity contribution >= 4 is 17.6 Å². The molecule has 2 aliphatic heterocycles. The van der Waals surface area contributed by atoms with Crippen molar-refractivity contribution in [1.29, 1.82) is 0 Å². The Morgan fingerprint density at radius 2 is 2.12 bits per heavy atom. The second-order valence-electron chi connectivity index (χ2n) is 6.94. The normalized spacial score (nSPS) is 25.6. The molecule has 0 spiro atoms. The first-order valence-electron chi connectivity index (χ1n) is 8.70. The molecule has 2 heterocycles. The van der Waals surface area contributed by atoms with E-state index in [9.17, 15) is 4.79 Å². The number of fused-ring (bicyclic) bond motifs is 1. The van der Waals surface area contributed by atoms with Gasteiger partial charge in [-0.2, -0.15) is 0 Å². The van der Waals surface area contributed by atoms with Gasteiger partial charge in [0.1, 0.15) is 12.4 Å². The molecular formula is C18H26ClN3O3. The highest BCUT2D eigenvalue weighted by Crippen LogP contribution is 2.33. The van der Waals surface area contributed by atoms with Crippen LogP contribution in [0.4, 0.5) is 4.79 Å². The minimum Gasteiger partial charge on any atom is -0.492 e. The summed E-state index contributed by atoms with van der Waals surface area (Å²) < 4.78 is 11.7. The van der Waals surface area contributed by atoms with E-state index >= 15 is 0 Å². The molecule has 2 amide bonds. The molecule has 0 unspecified atom stereocenters. The molecule has 1 aromatic rings. The van der Waals surface area contributed by atoms with Crippen LogP contribution in [0.25, 0.3) is 0 Å². The SMILES string of the molecule is CN(C)C(=O)NC[C@@H]1CO[C@@H]2CN(CCOc3ccc(Cl)cc3)C[C@H]12. The lowest BCUT2D eigenvalue weighted by Gasteiger charge is -2.21. The molecule has 0 bridgehead atoms. The van der Waals surface area contributed by atoms with Crippen molar-refractivity contribution in [2.45, 2.75) is 6.10 Å². The van der Waals surface area contributed by atoms with Crippen LogP contribution in [0.5, 0.6) is 5.75 Å². The number of amides is 2. The molecule has 3 atom stereocenters. The van der Waals surface area contributed by atoms with Gasteiger partial charge in [-0.05, 0) is 24.3 Å². The maximum absolute atomic E-state index is 11.7. The van der Waals surface area contributed by atoms with Gasteiger partial charge in [0, 0.05) is 57.1 Å². The van der Waals surface area contributed by atoms with E-state index < -0.39 is 0 Å². The molecule has 2 aliphatic rings. The fourth-order valence-corrected chi connectivity index (χ4v) is 3.60. The highest BCUT2D eigenvalue weighted by Gasteiger charge is 2.43. The van der Waals surface area contributed by atoms with Crippen molar-refractivity contribution in [1.82, 2.24) is 15.1 Å². The van der Waals surface area contributed by atoms with Crippen LogP contribution in [-0.4, -0.2) is 75.4 Å². The zero-order chi connectivity index (χ0) is 17.8. The Bertz CT molecular complexity index is 581. The molecule has 0 radical (unpaired) electrons. The summed E-state index contributed by atoms with van der Waals surface area (Å²) in [5.41, 5.74) is 0. The Morgan fingerprint density at radius 3 is 2.84 bits per heavy atom. The van der Waals surface area contributed by atoms with E-state index in [2.05, 4.69) is 10.2 Å². The van der Waals surface area contributed by atoms with Crippen LogP contribution in [0.15, 0.2) is 24.3 Å². The average Bonchev–Trinajstić information content (AvgIpc) is 3.15. The van der Waals surface area contributed by atoms with Gasteiger partial charge in [-0.3, -0.25) is 4.90 Å². The highest BCUT2D eigenvalue weighted by molar-refractivity contribution is 6.30. The minimum absolute atomic E-state index is 0.0466. The molecule has 6 nitrogen and oxygen atoms in total. The maximum atomic E-state index is 11.7. The predicted molar refractivity (Wildman–Crippen MR) is 97.2 cm³/mol. The first-order valence-corrected chi connectivity index (χ1v) is 9.08. The number of nitrogens with one attached hydrogen (secondary N) is 1. The summed E-state index contributed by atoms with van der Waals surface area (Å²) in [6, 6.07) is 7.38. The molecule has 25 heavy (non-hydrogen) atoms. The van der Waals surface area contributed by atoms with Crippen LogP contribution in [0.2, 0.25) is 5.02 Å². The summed E-state index contributed by atoms with van der Waals surface area (Å²) in [6.45, 7) is 4.86. The van der Waals surface area contributed by atoms with Crippen LogP contribution in [-0.2, 0) is 4.74 Å². The lowest BCUT2D eigenvalue weighted by molar-refractivity contribution is 0.0924. The van der Waals surface area contributed by atoms with Crippen LogP contribution in [0.3, 0.4) is 0 Å². The summed E-state index contributed by atoms with van der Waals surface area (Å²) in [6.07, 6.45) is 0.275. The summed E-state index contributed by atoms with van der Waals surface area (Å²) in [7, 11) is 3.50. The van der Waals surface area contributed by atoms with Gasteiger partial charge < -0.3 is 19.7 Å². The van der Waals surface area contributed by atoms with Gasteiger partial charge in [0.25, 0.3) is 0 Å². The number of benzene rings is 1. The molecular weight excluding hydrogens is 342 g/mol. The molecule has 2 saturated heterocycles. The molecule has 0 aromatic heterocycles. The number of hydrogen-bond donors (Lipinski definition) is 1. The van der Waals surface area contributed by atoms with Crippen molar-refractivity contribution in [2.75, 3.05) is 53.5 Å². The van der Waals surface area contributed by atoms with Crippen molar-refractivity contribution in [2.24, 2.45) is 11.8 Å². The zero-order valence-corrected chi connectivity index (χ0v) is 15.5. The van der Waals surface area contributed by atoms with Crippen LogP contribution in [0, 0.1) is 11.8 Å². The van der Waals surface area contributed by atoms with Gasteiger partial charge >= 0.3 is 6.03 Å². The number of nitrogens with zero attached hydrogens (tertiary/aromatic N) is 2. The van der Waals surface area contributed by atoms with Gasteiger partial charge in [-0.1, -0.05) is 11.6 Å². The molecule has 1 N–H and O–H groups in total. The van der Waals surface area contributed by atoms with Crippen molar-refractivity contribution in [3.05, 3.63) is 29.3 Å². The largest absolute Gasteiger partial charge is 0.492 e. The first kappa shape index (κ1) is 18.3. The standard InChI is InChI=1S/C18H26ClN3O3/c1-21(2)18(23)20-9-13-12-25-17-11-22(10-16(13)17)7-8-24-15-5-3-14(19)4-6-15/h3-6,13,16-17H,7-12H2,1-2H3,(H,20,23)/t13-,16-,17-/m1/s1. The van der Waals surface area contributed by atoms with E-state index in [0.29, 0.717) is 30.0 Å². The maximum Gasteiger partial charge on any atom is 0.316 e. The van der Waals surface area contributed by atoms with E-state index in [1.54, 1.807) is 19.0 Å². The minimum atomic E-state index is -0.0466. The Morgan fingerprint density at radius 1 is 1.36 bits per heavy atom. The van der Waals surface area contributed by atoms with Crippen molar-refractivity contribution < 1.29 is 14.3 Å². The van der Waals surface area contributed by atoms with Crippen LogP contribution in [0.1, 0.15) is 0 Å². The number of rotatable bonds is 6. The number of likely N-dealkylation sites (tertiary alicyclic amines) is 1. The first-order chi connectivity index (χ1) is 12.0. The van der Waals surface area contributed by atoms with Crippen molar-refractivity contribution in [3.63, 3.8) is 0 Å². The highest BCUT2D eigenvalue weighted by atomic mass is 35.5. The quantitative estimate of drug-likeness (QED) is 0.834.